The van der Waals surface area contributed by atoms with Crippen molar-refractivity contribution in [1.29, 1.82) is 0 Å². The van der Waals surface area contributed by atoms with Crippen molar-refractivity contribution in [2.45, 2.75) is 25.4 Å². The summed E-state index contributed by atoms with van der Waals surface area (Å²) >= 11 is 0. The fraction of sp³-hybridized carbons (Fsp3) is 0.533. The maximum absolute atomic E-state index is 13.1. The van der Waals surface area contributed by atoms with Crippen molar-refractivity contribution in [1.82, 2.24) is 4.90 Å². The van der Waals surface area contributed by atoms with Crippen LogP contribution in [0.3, 0.4) is 0 Å². The van der Waals surface area contributed by atoms with Gasteiger partial charge in [-0.25, -0.2) is 4.39 Å². The molecule has 1 fully saturated rings. The van der Waals surface area contributed by atoms with Gasteiger partial charge in [0.15, 0.2) is 5.78 Å². The van der Waals surface area contributed by atoms with Gasteiger partial charge in [-0.05, 0) is 38.4 Å². The number of hydrogen-bond acceptors (Lipinski definition) is 3. The van der Waals surface area contributed by atoms with Gasteiger partial charge in [-0.1, -0.05) is 12.1 Å². The van der Waals surface area contributed by atoms with Gasteiger partial charge in [-0.15, -0.1) is 0 Å². The molecule has 19 heavy (non-hydrogen) atoms. The summed E-state index contributed by atoms with van der Waals surface area (Å²) in [5.74, 6) is -0.411. The first-order chi connectivity index (χ1) is 9.02. The number of halogens is 1. The highest BCUT2D eigenvalue weighted by atomic mass is 19.1. The molecule has 1 aromatic carbocycles. The standard InChI is InChI=1S/C15H20FNO2/c1-15(19-2)7-4-8-17(11-15)10-14(18)12-5-3-6-13(16)9-12/h3,5-6,9H,4,7-8,10-11H2,1-2H3. The Bertz CT molecular complexity index is 463. The van der Waals surface area contributed by atoms with Gasteiger partial charge in [0.05, 0.1) is 12.1 Å². The van der Waals surface area contributed by atoms with Gasteiger partial charge >= 0.3 is 0 Å². The normalized spacial score (nSPS) is 24.4. The van der Waals surface area contributed by atoms with E-state index in [9.17, 15) is 9.18 Å². The number of Topliss-reactive ketones (excluding diaryl/α,β-unsaturated/α-hetero) is 1. The summed E-state index contributed by atoms with van der Waals surface area (Å²) in [6.07, 6.45) is 2.02. The van der Waals surface area contributed by atoms with E-state index in [-0.39, 0.29) is 17.2 Å². The number of likely N-dealkylation sites (tertiary alicyclic amines) is 1. The fourth-order valence-corrected chi connectivity index (χ4v) is 2.57. The Labute approximate surface area is 113 Å². The predicted molar refractivity (Wildman–Crippen MR) is 71.8 cm³/mol. The summed E-state index contributed by atoms with van der Waals surface area (Å²) in [6.45, 7) is 4.01. The molecule has 2 rings (SSSR count). The average molecular weight is 265 g/mol. The highest BCUT2D eigenvalue weighted by molar-refractivity contribution is 5.97. The molecule has 4 heteroatoms. The first-order valence-electron chi connectivity index (χ1n) is 6.59. The maximum atomic E-state index is 13.1. The first-order valence-corrected chi connectivity index (χ1v) is 6.59. The number of hydrogen-bond donors (Lipinski definition) is 0. The Morgan fingerprint density at radius 2 is 2.32 bits per heavy atom. The quantitative estimate of drug-likeness (QED) is 0.783. The van der Waals surface area contributed by atoms with Gasteiger partial charge in [-0.2, -0.15) is 0 Å². The van der Waals surface area contributed by atoms with Crippen LogP contribution in [0.1, 0.15) is 30.1 Å². The molecule has 0 spiro atoms. The number of piperidine rings is 1. The largest absolute Gasteiger partial charge is 0.377 e. The number of benzene rings is 1. The van der Waals surface area contributed by atoms with Crippen LogP contribution < -0.4 is 0 Å². The van der Waals surface area contributed by atoms with Crippen LogP contribution in [0.5, 0.6) is 0 Å². The number of nitrogens with zero attached hydrogens (tertiary/aromatic N) is 1. The zero-order chi connectivity index (χ0) is 13.9. The molecule has 0 N–H and O–H groups in total. The Morgan fingerprint density at radius 1 is 1.53 bits per heavy atom. The van der Waals surface area contributed by atoms with Crippen molar-refractivity contribution in [3.8, 4) is 0 Å². The van der Waals surface area contributed by atoms with Crippen molar-refractivity contribution >= 4 is 5.78 Å². The van der Waals surface area contributed by atoms with Crippen molar-refractivity contribution in [2.24, 2.45) is 0 Å². The third-order valence-electron chi connectivity index (χ3n) is 3.74. The highest BCUT2D eigenvalue weighted by Crippen LogP contribution is 2.23. The lowest BCUT2D eigenvalue weighted by atomic mass is 9.94. The molecule has 0 amide bonds. The molecule has 0 bridgehead atoms. The zero-order valence-corrected chi connectivity index (χ0v) is 11.5. The van der Waals surface area contributed by atoms with Gasteiger partial charge in [0.25, 0.3) is 0 Å². The molecule has 0 aliphatic carbocycles. The van der Waals surface area contributed by atoms with Gasteiger partial charge in [0, 0.05) is 19.2 Å². The van der Waals surface area contributed by atoms with Gasteiger partial charge in [0.1, 0.15) is 5.82 Å². The van der Waals surface area contributed by atoms with Crippen LogP contribution in [-0.2, 0) is 4.74 Å². The average Bonchev–Trinajstić information content (AvgIpc) is 2.39. The second-order valence-electron chi connectivity index (χ2n) is 5.40. The topological polar surface area (TPSA) is 29.5 Å². The van der Waals surface area contributed by atoms with E-state index in [0.717, 1.165) is 25.9 Å². The molecule has 0 saturated carbocycles. The Hall–Kier alpha value is -1.26. The molecule has 0 aromatic heterocycles. The maximum Gasteiger partial charge on any atom is 0.176 e. The second kappa shape index (κ2) is 5.80. The Morgan fingerprint density at radius 3 is 3.00 bits per heavy atom. The molecule has 1 saturated heterocycles. The van der Waals surface area contributed by atoms with Crippen LogP contribution in [0, 0.1) is 5.82 Å². The SMILES string of the molecule is COC1(C)CCCN(CC(=O)c2cccc(F)c2)C1. The van der Waals surface area contributed by atoms with Crippen molar-refractivity contribution < 1.29 is 13.9 Å². The molecular weight excluding hydrogens is 245 g/mol. The van der Waals surface area contributed by atoms with E-state index in [1.807, 2.05) is 0 Å². The summed E-state index contributed by atoms with van der Waals surface area (Å²) in [5, 5.41) is 0. The molecule has 104 valence electrons. The van der Waals surface area contributed by atoms with Crippen LogP contribution >= 0.6 is 0 Å². The number of rotatable bonds is 4. The third-order valence-corrected chi connectivity index (χ3v) is 3.74. The smallest absolute Gasteiger partial charge is 0.176 e. The summed E-state index contributed by atoms with van der Waals surface area (Å²) in [7, 11) is 1.71. The number of ether oxygens (including phenoxy) is 1. The summed E-state index contributed by atoms with van der Waals surface area (Å²) in [6, 6.07) is 5.87. The van der Waals surface area contributed by atoms with E-state index >= 15 is 0 Å². The number of carbonyl (C=O) groups is 1. The van der Waals surface area contributed by atoms with E-state index in [4.69, 9.17) is 4.74 Å². The summed E-state index contributed by atoms with van der Waals surface area (Å²) in [5.41, 5.74) is 0.255. The van der Waals surface area contributed by atoms with E-state index in [0.29, 0.717) is 12.1 Å². The van der Waals surface area contributed by atoms with Crippen LogP contribution in [0.25, 0.3) is 0 Å². The molecule has 0 radical (unpaired) electrons. The lowest BCUT2D eigenvalue weighted by molar-refractivity contribution is -0.0485. The van der Waals surface area contributed by atoms with Crippen molar-refractivity contribution in [2.75, 3.05) is 26.7 Å². The molecule has 1 atom stereocenters. The van der Waals surface area contributed by atoms with Crippen LogP contribution in [0.4, 0.5) is 4.39 Å². The minimum Gasteiger partial charge on any atom is -0.377 e. The van der Waals surface area contributed by atoms with Crippen LogP contribution in [0.2, 0.25) is 0 Å². The van der Waals surface area contributed by atoms with E-state index in [2.05, 4.69) is 11.8 Å². The second-order valence-corrected chi connectivity index (χ2v) is 5.40. The predicted octanol–water partition coefficient (Wildman–Crippen LogP) is 2.51. The van der Waals surface area contributed by atoms with E-state index in [1.54, 1.807) is 19.2 Å². The van der Waals surface area contributed by atoms with Crippen molar-refractivity contribution in [3.63, 3.8) is 0 Å². The van der Waals surface area contributed by atoms with Crippen molar-refractivity contribution in [3.05, 3.63) is 35.6 Å². The minimum atomic E-state index is -0.369. The molecule has 1 heterocycles. The summed E-state index contributed by atoms with van der Waals surface area (Å²) < 4.78 is 18.6. The van der Waals surface area contributed by atoms with Crippen LogP contribution in [-0.4, -0.2) is 43.0 Å². The van der Waals surface area contributed by atoms with Crippen LogP contribution in [0.15, 0.2) is 24.3 Å². The number of methoxy groups -OCH3 is 1. The molecule has 3 nitrogen and oxygen atoms in total. The Balaban J connectivity index is 1.99. The fourth-order valence-electron chi connectivity index (χ4n) is 2.57. The third kappa shape index (κ3) is 3.61. The van der Waals surface area contributed by atoms with Gasteiger partial charge in [-0.3, -0.25) is 9.69 Å². The molecule has 1 aromatic rings. The summed E-state index contributed by atoms with van der Waals surface area (Å²) in [4.78, 5) is 14.2. The lowest BCUT2D eigenvalue weighted by Crippen LogP contribution is -2.48. The van der Waals surface area contributed by atoms with E-state index in [1.165, 1.54) is 12.1 Å². The number of ketones is 1. The molecule has 1 aliphatic heterocycles. The zero-order valence-electron chi connectivity index (χ0n) is 11.5. The lowest BCUT2D eigenvalue weighted by Gasteiger charge is -2.39. The molecular formula is C15H20FNO2. The van der Waals surface area contributed by atoms with E-state index < -0.39 is 0 Å². The molecule has 1 unspecified atom stereocenters. The van der Waals surface area contributed by atoms with Gasteiger partial charge < -0.3 is 4.74 Å². The highest BCUT2D eigenvalue weighted by Gasteiger charge is 2.31. The molecule has 1 aliphatic rings. The Kier molecular flexibility index (Phi) is 4.32. The van der Waals surface area contributed by atoms with Gasteiger partial charge in [0.2, 0.25) is 0 Å². The number of carbonyl (C=O) groups excluding carboxylic acids is 1. The minimum absolute atomic E-state index is 0.0418. The first kappa shape index (κ1) is 14.2. The monoisotopic (exact) mass is 265 g/mol.